The Morgan fingerprint density at radius 1 is 1.79 bits per heavy atom. The lowest BCUT2D eigenvalue weighted by Crippen LogP contribution is -2.61. The van der Waals surface area contributed by atoms with Gasteiger partial charge in [-0.3, -0.25) is 4.79 Å². The Hall–Kier alpha value is -0.650. The molecule has 82 valence electrons. The van der Waals surface area contributed by atoms with Gasteiger partial charge in [0.05, 0.1) is 12.7 Å². The first-order valence-corrected chi connectivity index (χ1v) is 4.71. The monoisotopic (exact) mass is 203 g/mol. The van der Waals surface area contributed by atoms with Gasteiger partial charge in [-0.05, 0) is 12.8 Å². The highest BCUT2D eigenvalue weighted by molar-refractivity contribution is 5.86. The molecule has 1 heterocycles. The second-order valence-corrected chi connectivity index (χ2v) is 3.34. The van der Waals surface area contributed by atoms with Gasteiger partial charge in [-0.2, -0.15) is 0 Å². The molecule has 0 aromatic carbocycles. The first-order valence-electron chi connectivity index (χ1n) is 4.71. The average molecular weight is 203 g/mol. The lowest BCUT2D eigenvalue weighted by molar-refractivity contribution is -0.193. The molecular weight excluding hydrogens is 186 g/mol. The van der Waals surface area contributed by atoms with Crippen molar-refractivity contribution in [2.45, 2.75) is 24.5 Å². The highest BCUT2D eigenvalue weighted by Gasteiger charge is 2.48. The summed E-state index contributed by atoms with van der Waals surface area (Å²) >= 11 is 0. The normalized spacial score (nSPS) is 32.6. The number of carbonyl (C=O) groups is 1. The number of ether oxygens (including phenoxy) is 2. The number of aliphatic hydroxyl groups excluding tert-OH is 1. The Labute approximate surface area is 83.4 Å². The second kappa shape index (κ2) is 4.72. The van der Waals surface area contributed by atoms with Crippen LogP contribution in [0, 0.1) is 0 Å². The number of likely N-dealkylation sites (N-methyl/N-ethyl adjacent to an activating group) is 1. The van der Waals surface area contributed by atoms with Gasteiger partial charge < -0.3 is 19.9 Å². The molecule has 5 heteroatoms. The summed E-state index contributed by atoms with van der Waals surface area (Å²) in [6.45, 7) is 0.124. The smallest absolute Gasteiger partial charge is 0.257 e. The number of hydrogen-bond acceptors (Lipinski definition) is 4. The van der Waals surface area contributed by atoms with E-state index < -0.39 is 5.60 Å². The van der Waals surface area contributed by atoms with Crippen LogP contribution in [0.1, 0.15) is 12.8 Å². The van der Waals surface area contributed by atoms with Crippen LogP contribution >= 0.6 is 0 Å². The Kier molecular flexibility index (Phi) is 3.86. The SMILES string of the molecule is CNC(=O)C1(CO)OCCCC1OC. The standard InChI is InChI=1S/C9H17NO4/c1-10-8(12)9(6-11)7(13-2)4-3-5-14-9/h7,11H,3-6H2,1-2H3,(H,10,12). The lowest BCUT2D eigenvalue weighted by atomic mass is 9.90. The minimum atomic E-state index is -1.22. The van der Waals surface area contributed by atoms with E-state index >= 15 is 0 Å². The first kappa shape index (κ1) is 11.4. The highest BCUT2D eigenvalue weighted by Crippen LogP contribution is 2.27. The van der Waals surface area contributed by atoms with Crippen molar-refractivity contribution >= 4 is 5.91 Å². The van der Waals surface area contributed by atoms with Crippen LogP contribution in [0.5, 0.6) is 0 Å². The van der Waals surface area contributed by atoms with Crippen LogP contribution < -0.4 is 5.32 Å². The van der Waals surface area contributed by atoms with E-state index in [4.69, 9.17) is 9.47 Å². The molecule has 14 heavy (non-hydrogen) atoms. The van der Waals surface area contributed by atoms with Crippen LogP contribution in [0.3, 0.4) is 0 Å². The molecule has 2 N–H and O–H groups in total. The van der Waals surface area contributed by atoms with Gasteiger partial charge in [0, 0.05) is 20.8 Å². The van der Waals surface area contributed by atoms with Gasteiger partial charge in [0.15, 0.2) is 5.60 Å². The highest BCUT2D eigenvalue weighted by atomic mass is 16.6. The fraction of sp³-hybridized carbons (Fsp3) is 0.889. The van der Waals surface area contributed by atoms with E-state index in [2.05, 4.69) is 5.32 Å². The molecule has 0 aromatic heterocycles. The third-order valence-electron chi connectivity index (χ3n) is 2.62. The number of amides is 1. The summed E-state index contributed by atoms with van der Waals surface area (Å²) in [4.78, 5) is 11.6. The van der Waals surface area contributed by atoms with Crippen molar-refractivity contribution in [3.8, 4) is 0 Å². The zero-order valence-corrected chi connectivity index (χ0v) is 8.58. The molecule has 0 spiro atoms. The van der Waals surface area contributed by atoms with Gasteiger partial charge in [-0.15, -0.1) is 0 Å². The minimum absolute atomic E-state index is 0.327. The Morgan fingerprint density at radius 3 is 3.00 bits per heavy atom. The van der Waals surface area contributed by atoms with Crippen molar-refractivity contribution < 1.29 is 19.4 Å². The number of aliphatic hydroxyl groups is 1. The van der Waals surface area contributed by atoms with Gasteiger partial charge in [0.25, 0.3) is 5.91 Å². The molecule has 0 aromatic rings. The third kappa shape index (κ3) is 1.75. The molecule has 1 aliphatic heterocycles. The molecular formula is C9H17NO4. The summed E-state index contributed by atoms with van der Waals surface area (Å²) in [6.07, 6.45) is 1.20. The van der Waals surface area contributed by atoms with Crippen molar-refractivity contribution in [1.29, 1.82) is 0 Å². The maximum atomic E-state index is 11.6. The maximum absolute atomic E-state index is 11.6. The largest absolute Gasteiger partial charge is 0.393 e. The molecule has 1 amide bonds. The zero-order chi connectivity index (χ0) is 10.6. The topological polar surface area (TPSA) is 67.8 Å². The van der Waals surface area contributed by atoms with Crippen molar-refractivity contribution in [3.05, 3.63) is 0 Å². The van der Waals surface area contributed by atoms with E-state index in [0.29, 0.717) is 6.61 Å². The zero-order valence-electron chi connectivity index (χ0n) is 8.58. The number of rotatable bonds is 3. The Balaban J connectivity index is 2.86. The van der Waals surface area contributed by atoms with Gasteiger partial charge >= 0.3 is 0 Å². The molecule has 0 bridgehead atoms. The van der Waals surface area contributed by atoms with Crippen LogP contribution in [0.15, 0.2) is 0 Å². The van der Waals surface area contributed by atoms with E-state index in [1.165, 1.54) is 14.2 Å². The van der Waals surface area contributed by atoms with Gasteiger partial charge in [-0.1, -0.05) is 0 Å². The van der Waals surface area contributed by atoms with Crippen molar-refractivity contribution in [1.82, 2.24) is 5.32 Å². The third-order valence-corrected chi connectivity index (χ3v) is 2.62. The predicted octanol–water partition coefficient (Wildman–Crippen LogP) is -0.711. The van der Waals surface area contributed by atoms with E-state index in [1.54, 1.807) is 0 Å². The van der Waals surface area contributed by atoms with Crippen LogP contribution in [-0.2, 0) is 14.3 Å². The summed E-state index contributed by atoms with van der Waals surface area (Å²) in [5, 5.41) is 11.8. The Bertz CT molecular complexity index is 209. The summed E-state index contributed by atoms with van der Waals surface area (Å²) < 4.78 is 10.6. The first-order chi connectivity index (χ1) is 6.71. The molecule has 1 rings (SSSR count). The fourth-order valence-corrected chi connectivity index (χ4v) is 1.80. The van der Waals surface area contributed by atoms with Gasteiger partial charge in [0.1, 0.15) is 0 Å². The van der Waals surface area contributed by atoms with E-state index in [1.807, 2.05) is 0 Å². The number of hydrogen-bond donors (Lipinski definition) is 2. The Morgan fingerprint density at radius 2 is 2.50 bits per heavy atom. The van der Waals surface area contributed by atoms with Gasteiger partial charge in [0.2, 0.25) is 0 Å². The lowest BCUT2D eigenvalue weighted by Gasteiger charge is -2.39. The molecule has 0 saturated carbocycles. The van der Waals surface area contributed by atoms with Gasteiger partial charge in [-0.25, -0.2) is 0 Å². The summed E-state index contributed by atoms with van der Waals surface area (Å²) in [7, 11) is 3.04. The van der Waals surface area contributed by atoms with Crippen LogP contribution in [-0.4, -0.2) is 50.1 Å². The molecule has 2 atom stereocenters. The number of methoxy groups -OCH3 is 1. The van der Waals surface area contributed by atoms with Crippen LogP contribution in [0.2, 0.25) is 0 Å². The molecule has 2 unspecified atom stereocenters. The number of nitrogens with one attached hydrogen (secondary N) is 1. The molecule has 1 aliphatic rings. The number of carbonyl (C=O) groups excluding carboxylic acids is 1. The van der Waals surface area contributed by atoms with Crippen LogP contribution in [0.25, 0.3) is 0 Å². The molecule has 1 saturated heterocycles. The second-order valence-electron chi connectivity index (χ2n) is 3.34. The molecule has 1 fully saturated rings. The summed E-state index contributed by atoms with van der Waals surface area (Å²) in [6, 6.07) is 0. The predicted molar refractivity (Wildman–Crippen MR) is 49.9 cm³/mol. The minimum Gasteiger partial charge on any atom is -0.393 e. The summed E-state index contributed by atoms with van der Waals surface area (Å²) in [5.74, 6) is -0.327. The van der Waals surface area contributed by atoms with Crippen LogP contribution in [0.4, 0.5) is 0 Å². The van der Waals surface area contributed by atoms with Crippen molar-refractivity contribution in [3.63, 3.8) is 0 Å². The molecule has 0 radical (unpaired) electrons. The quantitative estimate of drug-likeness (QED) is 0.636. The fourth-order valence-electron chi connectivity index (χ4n) is 1.80. The summed E-state index contributed by atoms with van der Waals surface area (Å²) in [5.41, 5.74) is -1.22. The average Bonchev–Trinajstić information content (AvgIpc) is 2.27. The van der Waals surface area contributed by atoms with E-state index in [9.17, 15) is 9.90 Å². The molecule has 0 aliphatic carbocycles. The maximum Gasteiger partial charge on any atom is 0.257 e. The van der Waals surface area contributed by atoms with Crippen molar-refractivity contribution in [2.24, 2.45) is 0 Å². The van der Waals surface area contributed by atoms with E-state index in [-0.39, 0.29) is 18.6 Å². The van der Waals surface area contributed by atoms with E-state index in [0.717, 1.165) is 12.8 Å². The molecule has 5 nitrogen and oxygen atoms in total. The van der Waals surface area contributed by atoms with Crippen molar-refractivity contribution in [2.75, 3.05) is 27.4 Å².